The molecule has 5 amide bonds. The first-order valence-corrected chi connectivity index (χ1v) is 13.7. The Morgan fingerprint density at radius 1 is 0.951 bits per heavy atom. The topological polar surface area (TPSA) is 220 Å². The average molecular weight is 599 g/mol. The third-order valence-corrected chi connectivity index (χ3v) is 7.27. The number of halogens is 1. The molecule has 1 aliphatic heterocycles. The molecule has 0 spiro atoms. The number of carbonyl (C=O) groups excluding carboxylic acids is 4. The van der Waals surface area contributed by atoms with Gasteiger partial charge < -0.3 is 31.3 Å². The van der Waals surface area contributed by atoms with Gasteiger partial charge in [-0.15, -0.1) is 11.8 Å². The number of likely N-dealkylation sites (tertiary alicyclic amines) is 1. The van der Waals surface area contributed by atoms with Crippen molar-refractivity contribution in [1.29, 1.82) is 0 Å². The molecule has 0 aromatic heterocycles. The number of thioether (sulfide) groups is 1. The predicted octanol–water partition coefficient (Wildman–Crippen LogP) is 0.657. The van der Waals surface area contributed by atoms with E-state index in [2.05, 4.69) is 10.6 Å². The number of hydrogen-bond donors (Lipinski definition) is 6. The lowest BCUT2D eigenvalue weighted by atomic mass is 10.1. The Bertz CT molecular complexity index is 1150. The van der Waals surface area contributed by atoms with Gasteiger partial charge in [-0.2, -0.15) is 0 Å². The molecule has 0 aliphatic carbocycles. The Balaban J connectivity index is 1.74. The number of carboxylic acid groups (broad SMARTS) is 3. The number of nitrogens with one attached hydrogen (secondary N) is 3. The molecule has 6 N–H and O–H groups in total. The summed E-state index contributed by atoms with van der Waals surface area (Å²) in [6, 6.07) is 0.894. The number of carboxylic acids is 3. The van der Waals surface area contributed by atoms with Crippen molar-refractivity contribution in [2.45, 2.75) is 55.9 Å². The maximum Gasteiger partial charge on any atom is 0.327 e. The van der Waals surface area contributed by atoms with Crippen molar-refractivity contribution in [1.82, 2.24) is 20.9 Å². The van der Waals surface area contributed by atoms with Crippen LogP contribution in [0.5, 0.6) is 0 Å². The molecule has 16 heteroatoms. The molecule has 1 heterocycles. The molecule has 224 valence electrons. The van der Waals surface area contributed by atoms with E-state index in [0.717, 1.165) is 16.7 Å². The van der Waals surface area contributed by atoms with Crippen molar-refractivity contribution in [2.75, 3.05) is 18.8 Å². The van der Waals surface area contributed by atoms with Crippen LogP contribution in [0.15, 0.2) is 24.3 Å². The fraction of sp³-hybridized carbons (Fsp3) is 0.480. The van der Waals surface area contributed by atoms with Crippen LogP contribution in [0.1, 0.15) is 48.9 Å². The van der Waals surface area contributed by atoms with E-state index in [1.54, 1.807) is 0 Å². The van der Waals surface area contributed by atoms with E-state index in [9.17, 15) is 43.1 Å². The summed E-state index contributed by atoms with van der Waals surface area (Å²) in [4.78, 5) is 83.8. The number of unbranched alkanes of at least 4 members (excludes halogenated alkanes) is 2. The molecule has 14 nitrogen and oxygen atoms in total. The third-order valence-electron chi connectivity index (χ3n) is 5.97. The second kappa shape index (κ2) is 16.2. The van der Waals surface area contributed by atoms with Crippen LogP contribution in [0.4, 0.5) is 9.18 Å². The maximum atomic E-state index is 12.9. The van der Waals surface area contributed by atoms with Gasteiger partial charge in [-0.25, -0.2) is 18.8 Å². The first kappa shape index (κ1) is 33.0. The minimum Gasteiger partial charge on any atom is -0.481 e. The first-order chi connectivity index (χ1) is 19.4. The number of imide groups is 1. The van der Waals surface area contributed by atoms with Gasteiger partial charge >= 0.3 is 23.9 Å². The molecular formula is C25H31FN4O10S. The van der Waals surface area contributed by atoms with Crippen molar-refractivity contribution in [3.05, 3.63) is 35.6 Å². The molecule has 0 radical (unpaired) electrons. The van der Waals surface area contributed by atoms with E-state index in [1.165, 1.54) is 24.3 Å². The largest absolute Gasteiger partial charge is 0.481 e. The Morgan fingerprint density at radius 3 is 2.20 bits per heavy atom. The van der Waals surface area contributed by atoms with Gasteiger partial charge in [0.05, 0.1) is 5.25 Å². The third kappa shape index (κ3) is 11.1. The monoisotopic (exact) mass is 598 g/mol. The van der Waals surface area contributed by atoms with Gasteiger partial charge in [-0.05, 0) is 49.9 Å². The maximum absolute atomic E-state index is 12.9. The predicted molar refractivity (Wildman–Crippen MR) is 142 cm³/mol. The van der Waals surface area contributed by atoms with E-state index in [0.29, 0.717) is 31.4 Å². The number of benzene rings is 1. The lowest BCUT2D eigenvalue weighted by Crippen LogP contribution is -2.52. The van der Waals surface area contributed by atoms with Gasteiger partial charge in [0.2, 0.25) is 11.8 Å². The summed E-state index contributed by atoms with van der Waals surface area (Å²) in [5, 5.41) is 33.2. The summed E-state index contributed by atoms with van der Waals surface area (Å²) in [5.41, 5.74) is 0.323. The SMILES string of the molecule is O=C(O)CC[C@H](NC(=O)N[C@@H](CSC1CC(=O)N(CCCCCNC(=O)c2ccc(F)cc2)C1=O)C(=O)O)C(=O)O. The molecule has 2 rings (SSSR count). The first-order valence-electron chi connectivity index (χ1n) is 12.6. The van der Waals surface area contributed by atoms with Gasteiger partial charge in [0.15, 0.2) is 0 Å². The zero-order valence-electron chi connectivity index (χ0n) is 21.8. The van der Waals surface area contributed by atoms with Crippen LogP contribution in [0, 0.1) is 5.82 Å². The second-order valence-corrected chi connectivity index (χ2v) is 10.3. The van der Waals surface area contributed by atoms with Crippen molar-refractivity contribution in [2.24, 2.45) is 0 Å². The lowest BCUT2D eigenvalue weighted by Gasteiger charge is -2.19. The zero-order valence-corrected chi connectivity index (χ0v) is 22.7. The molecular weight excluding hydrogens is 567 g/mol. The van der Waals surface area contributed by atoms with E-state index in [-0.39, 0.29) is 24.6 Å². The highest BCUT2D eigenvalue weighted by Crippen LogP contribution is 2.26. The van der Waals surface area contributed by atoms with Crippen molar-refractivity contribution in [3.63, 3.8) is 0 Å². The Morgan fingerprint density at radius 2 is 1.59 bits per heavy atom. The van der Waals surface area contributed by atoms with Crippen LogP contribution in [0.2, 0.25) is 0 Å². The molecule has 41 heavy (non-hydrogen) atoms. The van der Waals surface area contributed by atoms with Crippen molar-refractivity contribution >= 4 is 53.4 Å². The summed E-state index contributed by atoms with van der Waals surface area (Å²) in [6.45, 7) is 0.497. The zero-order chi connectivity index (χ0) is 30.5. The number of amides is 5. The minimum absolute atomic E-state index is 0.147. The van der Waals surface area contributed by atoms with Crippen LogP contribution in [-0.4, -0.2) is 98.1 Å². The molecule has 1 unspecified atom stereocenters. The summed E-state index contributed by atoms with van der Waals surface area (Å²) in [7, 11) is 0. The van der Waals surface area contributed by atoms with Crippen molar-refractivity contribution in [3.8, 4) is 0 Å². The normalized spacial score (nSPS) is 16.1. The molecule has 1 aliphatic rings. The fourth-order valence-electron chi connectivity index (χ4n) is 3.77. The Labute approximate surface area is 238 Å². The number of urea groups is 1. The van der Waals surface area contributed by atoms with Crippen LogP contribution >= 0.6 is 11.8 Å². The summed E-state index contributed by atoms with van der Waals surface area (Å²) in [5.74, 6) is -6.21. The number of aliphatic carboxylic acids is 3. The van der Waals surface area contributed by atoms with Gasteiger partial charge in [-0.1, -0.05) is 0 Å². The van der Waals surface area contributed by atoms with E-state index >= 15 is 0 Å². The van der Waals surface area contributed by atoms with Gasteiger partial charge in [0.25, 0.3) is 5.91 Å². The van der Waals surface area contributed by atoms with E-state index in [4.69, 9.17) is 10.2 Å². The number of nitrogens with zero attached hydrogens (tertiary/aromatic N) is 1. The average Bonchev–Trinajstić information content (AvgIpc) is 3.18. The Kier molecular flexibility index (Phi) is 13.0. The van der Waals surface area contributed by atoms with Crippen LogP contribution < -0.4 is 16.0 Å². The van der Waals surface area contributed by atoms with Crippen LogP contribution in [0.25, 0.3) is 0 Å². The number of rotatable bonds is 17. The van der Waals surface area contributed by atoms with Gasteiger partial charge in [-0.3, -0.25) is 24.1 Å². The van der Waals surface area contributed by atoms with Gasteiger partial charge in [0.1, 0.15) is 17.9 Å². The number of hydrogen-bond acceptors (Lipinski definition) is 8. The molecule has 3 atom stereocenters. The van der Waals surface area contributed by atoms with E-state index in [1.807, 2.05) is 5.32 Å². The number of carbonyl (C=O) groups is 7. The van der Waals surface area contributed by atoms with Crippen LogP contribution in [0.3, 0.4) is 0 Å². The van der Waals surface area contributed by atoms with E-state index < -0.39 is 71.7 Å². The van der Waals surface area contributed by atoms with Crippen molar-refractivity contribution < 1.29 is 53.3 Å². The molecule has 0 bridgehead atoms. The second-order valence-electron chi connectivity index (χ2n) is 9.07. The fourth-order valence-corrected chi connectivity index (χ4v) is 4.95. The molecule has 1 aromatic rings. The highest BCUT2D eigenvalue weighted by molar-refractivity contribution is 8.00. The van der Waals surface area contributed by atoms with Crippen LogP contribution in [-0.2, 0) is 24.0 Å². The highest BCUT2D eigenvalue weighted by Gasteiger charge is 2.39. The smallest absolute Gasteiger partial charge is 0.327 e. The standard InChI is InChI=1S/C25H31FN4O10S/c26-15-6-4-14(5-7-15)21(34)27-10-2-1-3-11-30-19(31)12-18(22(30)35)41-13-17(24(38)39)29-25(40)28-16(23(36)37)8-9-20(32)33/h4-7,16-18H,1-3,8-13H2,(H,27,34)(H,32,33)(H,36,37)(H,38,39)(H2,28,29,40)/t16-,17-,18?/m0/s1. The molecule has 1 aromatic carbocycles. The molecule has 1 saturated heterocycles. The van der Waals surface area contributed by atoms with Gasteiger partial charge in [0, 0.05) is 37.2 Å². The minimum atomic E-state index is -1.55. The summed E-state index contributed by atoms with van der Waals surface area (Å²) < 4.78 is 12.9. The summed E-state index contributed by atoms with van der Waals surface area (Å²) >= 11 is 0.866. The lowest BCUT2D eigenvalue weighted by molar-refractivity contribution is -0.141. The summed E-state index contributed by atoms with van der Waals surface area (Å²) in [6.07, 6.45) is 0.567. The molecule has 1 fully saturated rings. The quantitative estimate of drug-likeness (QED) is 0.108. The highest BCUT2D eigenvalue weighted by atomic mass is 32.2. The Hall–Kier alpha value is -4.21. The molecule has 0 saturated carbocycles.